The van der Waals surface area contributed by atoms with E-state index in [1.807, 2.05) is 0 Å². The summed E-state index contributed by atoms with van der Waals surface area (Å²) >= 11 is 0. The summed E-state index contributed by atoms with van der Waals surface area (Å²) in [5.41, 5.74) is 0. The molecule has 2 nitrogen and oxygen atoms in total. The van der Waals surface area contributed by atoms with Gasteiger partial charge in [-0.05, 0) is 0 Å². The van der Waals surface area contributed by atoms with Gasteiger partial charge in [0.25, 0.3) is 0 Å². The van der Waals surface area contributed by atoms with Crippen molar-refractivity contribution in [2.24, 2.45) is 17.8 Å². The summed E-state index contributed by atoms with van der Waals surface area (Å²) in [6.45, 7) is 13.9. The van der Waals surface area contributed by atoms with E-state index in [-0.39, 0.29) is 6.61 Å². The fourth-order valence-electron chi connectivity index (χ4n) is 3.72. The minimum atomic E-state index is -1.33. The average molecular weight is 292 g/mol. The Morgan fingerprint density at radius 2 is 1.16 bits per heavy atom. The van der Waals surface area contributed by atoms with E-state index in [0.29, 0.717) is 0 Å². The minimum absolute atomic E-state index is 0.0878. The molecule has 0 heterocycles. The third-order valence-electron chi connectivity index (χ3n) is 3.74. The van der Waals surface area contributed by atoms with Crippen LogP contribution in [0.5, 0.6) is 0 Å². The van der Waals surface area contributed by atoms with Gasteiger partial charge in [0.05, 0.1) is 0 Å². The maximum absolute atomic E-state index is 9.70. The van der Waals surface area contributed by atoms with Crippen LogP contribution < -0.4 is 0 Å². The van der Waals surface area contributed by atoms with Crippen molar-refractivity contribution >= 4 is 7.26 Å². The number of aliphatic hydroxyl groups is 2. The van der Waals surface area contributed by atoms with Gasteiger partial charge in [-0.15, -0.1) is 0 Å². The van der Waals surface area contributed by atoms with Gasteiger partial charge in [0.2, 0.25) is 0 Å². The summed E-state index contributed by atoms with van der Waals surface area (Å²) in [4.78, 5) is 0. The van der Waals surface area contributed by atoms with E-state index in [2.05, 4.69) is 41.5 Å². The fraction of sp³-hybridized carbons (Fsp3) is 1.00. The molecule has 1 unspecified atom stereocenters. The molecule has 19 heavy (non-hydrogen) atoms. The molecule has 0 rings (SSSR count). The van der Waals surface area contributed by atoms with Crippen molar-refractivity contribution in [1.82, 2.24) is 0 Å². The molecule has 0 aromatic rings. The van der Waals surface area contributed by atoms with Crippen LogP contribution in [-0.4, -0.2) is 47.6 Å². The van der Waals surface area contributed by atoms with Crippen LogP contribution in [0.2, 0.25) is 0 Å². The van der Waals surface area contributed by atoms with Gasteiger partial charge in [0.1, 0.15) is 0 Å². The second-order valence-electron chi connectivity index (χ2n) is 7.67. The molecule has 0 aliphatic heterocycles. The van der Waals surface area contributed by atoms with Crippen LogP contribution in [0.3, 0.4) is 0 Å². The van der Waals surface area contributed by atoms with Gasteiger partial charge in [-0.25, -0.2) is 0 Å². The Hall–Kier alpha value is 0.350. The van der Waals surface area contributed by atoms with Crippen molar-refractivity contribution in [3.8, 4) is 0 Å². The first-order chi connectivity index (χ1) is 8.70. The molecule has 0 saturated heterocycles. The van der Waals surface area contributed by atoms with Crippen LogP contribution in [0.1, 0.15) is 48.0 Å². The second kappa shape index (κ2) is 9.32. The fourth-order valence-corrected chi connectivity index (χ4v) is 11.0. The van der Waals surface area contributed by atoms with Crippen molar-refractivity contribution in [1.29, 1.82) is 0 Å². The van der Waals surface area contributed by atoms with Gasteiger partial charge in [-0.2, -0.15) is 0 Å². The summed E-state index contributed by atoms with van der Waals surface area (Å²) in [7, 11) is -1.33. The van der Waals surface area contributed by atoms with Crippen LogP contribution in [-0.2, 0) is 0 Å². The Labute approximate surface area is 121 Å². The SMILES string of the molecule is CC(C)C[PH](CCC(O)CO)(CC(C)C)CC(C)C. The first-order valence-electron chi connectivity index (χ1n) is 7.99. The molecule has 0 aliphatic rings. The van der Waals surface area contributed by atoms with Gasteiger partial charge in [-0.1, -0.05) is 0 Å². The predicted molar refractivity (Wildman–Crippen MR) is 90.0 cm³/mol. The first kappa shape index (κ1) is 19.4. The summed E-state index contributed by atoms with van der Waals surface area (Å²) in [5.74, 6) is 2.24. The van der Waals surface area contributed by atoms with E-state index in [4.69, 9.17) is 5.11 Å². The van der Waals surface area contributed by atoms with E-state index in [9.17, 15) is 5.11 Å². The molecule has 0 saturated carbocycles. The standard InChI is InChI=1S/C16H37O2P/c1-13(2)10-19(11-14(3)4,12-15(5)6)8-7-16(18)9-17/h13-19H,7-12H2,1-6H3. The van der Waals surface area contributed by atoms with Crippen LogP contribution >= 0.6 is 7.26 Å². The van der Waals surface area contributed by atoms with Gasteiger partial charge in [0, 0.05) is 0 Å². The zero-order chi connectivity index (χ0) is 15.1. The van der Waals surface area contributed by atoms with E-state index >= 15 is 0 Å². The van der Waals surface area contributed by atoms with E-state index in [1.54, 1.807) is 0 Å². The molecular weight excluding hydrogens is 255 g/mol. The van der Waals surface area contributed by atoms with Gasteiger partial charge >= 0.3 is 121 Å². The molecule has 118 valence electrons. The van der Waals surface area contributed by atoms with Crippen molar-refractivity contribution in [2.45, 2.75) is 54.1 Å². The molecule has 3 heteroatoms. The van der Waals surface area contributed by atoms with Crippen molar-refractivity contribution in [3.05, 3.63) is 0 Å². The third-order valence-corrected chi connectivity index (χ3v) is 10.1. The Bertz CT molecular complexity index is 200. The molecule has 0 bridgehead atoms. The monoisotopic (exact) mass is 292 g/mol. The first-order valence-corrected chi connectivity index (χ1v) is 10.8. The zero-order valence-electron chi connectivity index (χ0n) is 13.9. The van der Waals surface area contributed by atoms with Crippen LogP contribution in [0, 0.1) is 17.8 Å². The molecule has 0 aromatic carbocycles. The average Bonchev–Trinajstić information content (AvgIpc) is 2.22. The topological polar surface area (TPSA) is 40.5 Å². The van der Waals surface area contributed by atoms with Gasteiger partial charge in [-0.3, -0.25) is 0 Å². The predicted octanol–water partition coefficient (Wildman–Crippen LogP) is 3.45. The number of aliphatic hydroxyl groups excluding tert-OH is 2. The Morgan fingerprint density at radius 3 is 1.42 bits per heavy atom. The molecule has 0 amide bonds. The number of hydrogen-bond acceptors (Lipinski definition) is 2. The summed E-state index contributed by atoms with van der Waals surface area (Å²) in [6, 6.07) is 0. The van der Waals surface area contributed by atoms with E-state index < -0.39 is 13.4 Å². The molecule has 0 fully saturated rings. The summed E-state index contributed by atoms with van der Waals surface area (Å²) in [5, 5.41) is 18.7. The number of hydrogen-bond donors (Lipinski definition) is 2. The molecule has 0 radical (unpaired) electrons. The zero-order valence-corrected chi connectivity index (χ0v) is 14.9. The normalized spacial score (nSPS) is 15.5. The molecule has 2 N–H and O–H groups in total. The molecule has 0 spiro atoms. The number of rotatable bonds is 10. The molecule has 1 atom stereocenters. The van der Waals surface area contributed by atoms with Crippen LogP contribution in [0.15, 0.2) is 0 Å². The van der Waals surface area contributed by atoms with Crippen LogP contribution in [0.25, 0.3) is 0 Å². The molecule has 0 aromatic heterocycles. The summed E-state index contributed by atoms with van der Waals surface area (Å²) < 4.78 is 0. The molecule has 0 aliphatic carbocycles. The second-order valence-corrected chi connectivity index (χ2v) is 12.4. The van der Waals surface area contributed by atoms with Crippen LogP contribution in [0.4, 0.5) is 0 Å². The summed E-state index contributed by atoms with van der Waals surface area (Å²) in [6.07, 6.45) is 5.53. The Kier molecular flexibility index (Phi) is 9.49. The van der Waals surface area contributed by atoms with Gasteiger partial charge in [0.15, 0.2) is 0 Å². The van der Waals surface area contributed by atoms with E-state index in [0.717, 1.165) is 24.2 Å². The van der Waals surface area contributed by atoms with Crippen molar-refractivity contribution in [3.63, 3.8) is 0 Å². The quantitative estimate of drug-likeness (QED) is 0.605. The van der Waals surface area contributed by atoms with Crippen molar-refractivity contribution < 1.29 is 10.2 Å². The third kappa shape index (κ3) is 9.00. The maximum atomic E-state index is 9.70. The van der Waals surface area contributed by atoms with Gasteiger partial charge < -0.3 is 0 Å². The Morgan fingerprint density at radius 1 is 0.789 bits per heavy atom. The van der Waals surface area contributed by atoms with E-state index in [1.165, 1.54) is 24.6 Å². The van der Waals surface area contributed by atoms with Crippen molar-refractivity contribution in [2.75, 3.05) is 31.3 Å². The molecular formula is C16H37O2P. The Balaban J connectivity index is 4.87.